The molecule has 1 aromatic carbocycles. The first-order valence-electron chi connectivity index (χ1n) is 11.2. The zero-order chi connectivity index (χ0) is 25.5. The number of likely N-dealkylation sites (tertiary alicyclic amines) is 1. The van der Waals surface area contributed by atoms with E-state index in [4.69, 9.17) is 14.2 Å². The Morgan fingerprint density at radius 3 is 2.78 bits per heavy atom. The summed E-state index contributed by atoms with van der Waals surface area (Å²) in [7, 11) is 3.22. The molecule has 2 aliphatic rings. The quantitative estimate of drug-likeness (QED) is 0.292. The number of hydrogen-bond acceptors (Lipinski definition) is 8. The van der Waals surface area contributed by atoms with Gasteiger partial charge < -0.3 is 24.4 Å². The van der Waals surface area contributed by atoms with Crippen molar-refractivity contribution < 1.29 is 19.0 Å². The van der Waals surface area contributed by atoms with E-state index < -0.39 is 0 Å². The van der Waals surface area contributed by atoms with E-state index in [0.717, 1.165) is 21.7 Å². The largest absolute Gasteiger partial charge is 0.495 e. The van der Waals surface area contributed by atoms with Crippen LogP contribution in [0.4, 0.5) is 5.69 Å². The second-order valence-corrected chi connectivity index (χ2v) is 8.77. The third-order valence-electron chi connectivity index (χ3n) is 5.65. The Hall–Kier alpha value is -4.18. The van der Waals surface area contributed by atoms with E-state index in [1.54, 1.807) is 36.0 Å². The average molecular weight is 506 g/mol. The highest BCUT2D eigenvalue weighted by atomic mass is 32.1. The third-order valence-corrected chi connectivity index (χ3v) is 6.47. The van der Waals surface area contributed by atoms with Gasteiger partial charge in [0.25, 0.3) is 0 Å². The molecule has 1 aliphatic heterocycles. The molecule has 0 radical (unpaired) electrons. The fourth-order valence-corrected chi connectivity index (χ4v) is 4.39. The lowest BCUT2D eigenvalue weighted by Gasteiger charge is -2.39. The standard InChI is InChI=1S/C26H27N5O4S/c1-5-25(32)31-13-19(14-31)35-23-11-18(7-9-22(23)34-4)26(29-15-27-2)30-20-10-17(6-8-21(20)33-3)24-12-28-16-36-24/h5-6,8-12,15-16,19,30H,1-2,7,13-14H2,3-4H3/b26-18-,29-15-. The van der Waals surface area contributed by atoms with Gasteiger partial charge in [-0.2, -0.15) is 0 Å². The van der Waals surface area contributed by atoms with E-state index in [9.17, 15) is 4.79 Å². The molecule has 1 aliphatic carbocycles. The number of aliphatic imine (C=N–C) groups is 2. The Morgan fingerprint density at radius 1 is 1.28 bits per heavy atom. The summed E-state index contributed by atoms with van der Waals surface area (Å²) in [6, 6.07) is 5.87. The molecule has 4 rings (SSSR count). The van der Waals surface area contributed by atoms with Crippen LogP contribution in [0.25, 0.3) is 10.4 Å². The molecule has 0 bridgehead atoms. The number of allylic oxidation sites excluding steroid dienone is 3. The molecule has 9 nitrogen and oxygen atoms in total. The van der Waals surface area contributed by atoms with Crippen molar-refractivity contribution in [3.8, 4) is 16.2 Å². The monoisotopic (exact) mass is 505 g/mol. The van der Waals surface area contributed by atoms with Gasteiger partial charge in [0.05, 0.1) is 43.4 Å². The van der Waals surface area contributed by atoms with Crippen molar-refractivity contribution in [3.05, 3.63) is 77.6 Å². The smallest absolute Gasteiger partial charge is 0.246 e. The van der Waals surface area contributed by atoms with Crippen LogP contribution in [0, 0.1) is 0 Å². The summed E-state index contributed by atoms with van der Waals surface area (Å²) >= 11 is 1.56. The molecule has 2 aromatic rings. The molecule has 186 valence electrons. The van der Waals surface area contributed by atoms with Crippen LogP contribution in [0.5, 0.6) is 5.75 Å². The maximum absolute atomic E-state index is 11.8. The Kier molecular flexibility index (Phi) is 7.96. The number of anilines is 1. The first-order chi connectivity index (χ1) is 17.6. The highest BCUT2D eigenvalue weighted by Crippen LogP contribution is 2.35. The molecule has 0 unspecified atom stereocenters. The minimum absolute atomic E-state index is 0.108. The van der Waals surface area contributed by atoms with Crippen molar-refractivity contribution in [1.82, 2.24) is 9.88 Å². The predicted molar refractivity (Wildman–Crippen MR) is 142 cm³/mol. The molecule has 1 aromatic heterocycles. The van der Waals surface area contributed by atoms with Crippen LogP contribution < -0.4 is 10.1 Å². The van der Waals surface area contributed by atoms with E-state index in [0.29, 0.717) is 42.6 Å². The second-order valence-electron chi connectivity index (χ2n) is 7.88. The van der Waals surface area contributed by atoms with Gasteiger partial charge in [0.1, 0.15) is 24.0 Å². The van der Waals surface area contributed by atoms with E-state index in [1.165, 1.54) is 12.4 Å². The first-order valence-corrected chi connectivity index (χ1v) is 12.0. The van der Waals surface area contributed by atoms with Crippen LogP contribution in [-0.2, 0) is 14.3 Å². The summed E-state index contributed by atoms with van der Waals surface area (Å²) in [5, 5.41) is 3.39. The number of carbonyl (C=O) groups is 1. The number of carbonyl (C=O) groups excluding carboxylic acids is 1. The molecular weight excluding hydrogens is 478 g/mol. The van der Waals surface area contributed by atoms with Crippen LogP contribution in [0.1, 0.15) is 6.42 Å². The molecule has 0 saturated carbocycles. The summed E-state index contributed by atoms with van der Waals surface area (Å²) in [5.74, 6) is 2.31. The summed E-state index contributed by atoms with van der Waals surface area (Å²) in [6.07, 6.45) is 8.74. The van der Waals surface area contributed by atoms with E-state index in [-0.39, 0.29) is 12.0 Å². The van der Waals surface area contributed by atoms with Crippen molar-refractivity contribution in [3.63, 3.8) is 0 Å². The molecule has 0 spiro atoms. The van der Waals surface area contributed by atoms with Gasteiger partial charge in [0.2, 0.25) is 5.91 Å². The van der Waals surface area contributed by atoms with E-state index >= 15 is 0 Å². The zero-order valence-electron chi connectivity index (χ0n) is 20.1. The highest BCUT2D eigenvalue weighted by Gasteiger charge is 2.32. The number of methoxy groups -OCH3 is 2. The van der Waals surface area contributed by atoms with Crippen molar-refractivity contribution in [2.24, 2.45) is 9.98 Å². The molecular formula is C26H27N5O4S. The molecule has 10 heteroatoms. The highest BCUT2D eigenvalue weighted by molar-refractivity contribution is 7.13. The first kappa shape index (κ1) is 24.9. The number of aromatic nitrogens is 1. The fraction of sp³-hybridized carbons (Fsp3) is 0.231. The van der Waals surface area contributed by atoms with E-state index in [1.807, 2.05) is 36.5 Å². The van der Waals surface area contributed by atoms with Crippen molar-refractivity contribution >= 4 is 36.0 Å². The van der Waals surface area contributed by atoms with E-state index in [2.05, 4.69) is 33.6 Å². The molecule has 0 atom stereocenters. The van der Waals surface area contributed by atoms with Gasteiger partial charge in [0, 0.05) is 11.8 Å². The van der Waals surface area contributed by atoms with Crippen LogP contribution in [0.3, 0.4) is 0 Å². The number of rotatable bonds is 10. The Morgan fingerprint density at radius 2 is 2.11 bits per heavy atom. The summed E-state index contributed by atoms with van der Waals surface area (Å²) in [4.78, 5) is 26.9. The number of thiazole rings is 1. The number of nitrogens with zero attached hydrogens (tertiary/aromatic N) is 4. The molecule has 1 N–H and O–H groups in total. The SMILES string of the molecule is C=CC(=O)N1CC(OC2=C/C(=C(/N=C\N=C)Nc3cc(-c4cncs4)ccc3OC)CC=C2OC)C1. The van der Waals surface area contributed by atoms with Gasteiger partial charge in [-0.3, -0.25) is 14.8 Å². The van der Waals surface area contributed by atoms with Gasteiger partial charge in [0.15, 0.2) is 11.5 Å². The van der Waals surface area contributed by atoms with Gasteiger partial charge >= 0.3 is 0 Å². The third kappa shape index (κ3) is 5.55. The topological polar surface area (TPSA) is 97.6 Å². The lowest BCUT2D eigenvalue weighted by atomic mass is 10.0. The van der Waals surface area contributed by atoms with Crippen LogP contribution >= 0.6 is 11.3 Å². The molecule has 1 saturated heterocycles. The van der Waals surface area contributed by atoms with Crippen LogP contribution in [0.15, 0.2) is 87.6 Å². The molecule has 1 fully saturated rings. The average Bonchev–Trinajstić information content (AvgIpc) is 3.43. The summed E-state index contributed by atoms with van der Waals surface area (Å²) in [5.41, 5.74) is 4.39. The zero-order valence-corrected chi connectivity index (χ0v) is 21.0. The van der Waals surface area contributed by atoms with Crippen LogP contribution in [-0.4, -0.2) is 62.3 Å². The Balaban J connectivity index is 1.64. The fourth-order valence-electron chi connectivity index (χ4n) is 3.77. The molecule has 36 heavy (non-hydrogen) atoms. The minimum Gasteiger partial charge on any atom is -0.495 e. The maximum atomic E-state index is 11.8. The number of benzene rings is 1. The maximum Gasteiger partial charge on any atom is 0.246 e. The van der Waals surface area contributed by atoms with Gasteiger partial charge in [-0.1, -0.05) is 6.58 Å². The second kappa shape index (κ2) is 11.5. The lowest BCUT2D eigenvalue weighted by molar-refractivity contribution is -0.136. The minimum atomic E-state index is -0.135. The summed E-state index contributed by atoms with van der Waals surface area (Å²) in [6.45, 7) is 8.01. The lowest BCUT2D eigenvalue weighted by Crippen LogP contribution is -2.54. The number of amides is 1. The van der Waals surface area contributed by atoms with Crippen molar-refractivity contribution in [2.45, 2.75) is 12.5 Å². The Bertz CT molecular complexity index is 1260. The van der Waals surface area contributed by atoms with Crippen molar-refractivity contribution in [1.29, 1.82) is 0 Å². The number of ether oxygens (including phenoxy) is 3. The summed E-state index contributed by atoms with van der Waals surface area (Å²) < 4.78 is 17.3. The number of hydrogen-bond donors (Lipinski definition) is 1. The predicted octanol–water partition coefficient (Wildman–Crippen LogP) is 4.40. The van der Waals surface area contributed by atoms with Gasteiger partial charge in [-0.05, 0) is 55.1 Å². The normalized spacial score (nSPS) is 17.0. The van der Waals surface area contributed by atoms with Gasteiger partial charge in [-0.25, -0.2) is 4.99 Å². The molecule has 1 amide bonds. The Labute approximate surface area is 213 Å². The van der Waals surface area contributed by atoms with Crippen molar-refractivity contribution in [2.75, 3.05) is 32.6 Å². The molecule has 2 heterocycles. The van der Waals surface area contributed by atoms with Gasteiger partial charge in [-0.15, -0.1) is 11.3 Å². The number of nitrogens with one attached hydrogen (secondary N) is 1. The van der Waals surface area contributed by atoms with Crippen LogP contribution in [0.2, 0.25) is 0 Å².